The van der Waals surface area contributed by atoms with Crippen molar-refractivity contribution < 1.29 is 14.3 Å². The lowest BCUT2D eigenvalue weighted by Gasteiger charge is -2.22. The monoisotopic (exact) mass is 252 g/mol. The van der Waals surface area contributed by atoms with E-state index in [2.05, 4.69) is 10.6 Å². The van der Waals surface area contributed by atoms with E-state index in [0.717, 1.165) is 11.3 Å². The maximum atomic E-state index is 11.7. The number of ether oxygens (including phenoxy) is 2. The second kappa shape index (κ2) is 6.98. The van der Waals surface area contributed by atoms with Crippen LogP contribution in [0.2, 0.25) is 0 Å². The minimum absolute atomic E-state index is 0.246. The molecule has 5 heteroatoms. The van der Waals surface area contributed by atoms with E-state index in [1.54, 1.807) is 0 Å². The van der Waals surface area contributed by atoms with Crippen LogP contribution in [0.1, 0.15) is 12.5 Å². The second-order valence-corrected chi connectivity index (χ2v) is 4.10. The Hall–Kier alpha value is -1.59. The molecule has 1 unspecified atom stereocenters. The van der Waals surface area contributed by atoms with Gasteiger partial charge in [0, 0.05) is 19.9 Å². The van der Waals surface area contributed by atoms with E-state index in [-0.39, 0.29) is 12.1 Å². The first-order valence-electron chi connectivity index (χ1n) is 5.76. The van der Waals surface area contributed by atoms with Crippen LogP contribution >= 0.6 is 0 Å². The average Bonchev–Trinajstić information content (AvgIpc) is 2.30. The minimum Gasteiger partial charge on any atom is -0.354 e. The van der Waals surface area contributed by atoms with Gasteiger partial charge in [-0.25, -0.2) is 4.79 Å². The molecule has 0 saturated carbocycles. The molecule has 2 amide bonds. The Bertz CT molecular complexity index is 392. The van der Waals surface area contributed by atoms with Crippen molar-refractivity contribution in [2.75, 3.05) is 19.5 Å². The van der Waals surface area contributed by atoms with E-state index in [4.69, 9.17) is 9.47 Å². The van der Waals surface area contributed by atoms with E-state index in [1.807, 2.05) is 38.1 Å². The normalized spacial score (nSPS) is 12.3. The quantitative estimate of drug-likeness (QED) is 0.789. The molecule has 0 aliphatic heterocycles. The Kier molecular flexibility index (Phi) is 5.61. The number of nitrogens with one attached hydrogen (secondary N) is 2. The van der Waals surface area contributed by atoms with E-state index >= 15 is 0 Å². The Balaban J connectivity index is 2.51. The van der Waals surface area contributed by atoms with E-state index in [9.17, 15) is 4.79 Å². The molecule has 0 fully saturated rings. The van der Waals surface area contributed by atoms with Gasteiger partial charge in [0.15, 0.2) is 6.29 Å². The third kappa shape index (κ3) is 4.35. The number of methoxy groups -OCH3 is 2. The minimum atomic E-state index is -0.465. The third-order valence-corrected chi connectivity index (χ3v) is 2.51. The highest BCUT2D eigenvalue weighted by molar-refractivity contribution is 5.89. The molecular formula is C13H20N2O3. The topological polar surface area (TPSA) is 59.6 Å². The lowest BCUT2D eigenvalue weighted by atomic mass is 10.2. The zero-order valence-electron chi connectivity index (χ0n) is 11.2. The first-order chi connectivity index (χ1) is 8.56. The zero-order valence-corrected chi connectivity index (χ0v) is 11.2. The van der Waals surface area contributed by atoms with Crippen molar-refractivity contribution in [2.45, 2.75) is 26.2 Å². The maximum Gasteiger partial charge on any atom is 0.319 e. The van der Waals surface area contributed by atoms with Crippen molar-refractivity contribution >= 4 is 11.7 Å². The average molecular weight is 252 g/mol. The summed E-state index contributed by atoms with van der Waals surface area (Å²) in [5, 5.41) is 5.51. The highest BCUT2D eigenvalue weighted by Crippen LogP contribution is 2.09. The largest absolute Gasteiger partial charge is 0.354 e. The summed E-state index contributed by atoms with van der Waals surface area (Å²) < 4.78 is 10.1. The molecule has 0 bridgehead atoms. The van der Waals surface area contributed by atoms with Crippen molar-refractivity contribution in [1.82, 2.24) is 5.32 Å². The standard InChI is InChI=1S/C13H20N2O3/c1-9-6-5-7-11(8-9)15-13(16)14-10(2)12(17-3)18-4/h5-8,10,12H,1-4H3,(H2,14,15,16). The molecule has 1 aromatic rings. The molecule has 100 valence electrons. The molecule has 1 aromatic carbocycles. The lowest BCUT2D eigenvalue weighted by Crippen LogP contribution is -2.44. The van der Waals surface area contributed by atoms with Crippen LogP contribution in [0, 0.1) is 6.92 Å². The number of rotatable bonds is 5. The molecular weight excluding hydrogens is 232 g/mol. The van der Waals surface area contributed by atoms with Crippen LogP contribution in [0.5, 0.6) is 0 Å². The van der Waals surface area contributed by atoms with Gasteiger partial charge in [-0.3, -0.25) is 0 Å². The molecule has 0 aliphatic carbocycles. The number of amides is 2. The molecule has 0 aromatic heterocycles. The zero-order chi connectivity index (χ0) is 13.5. The molecule has 2 N–H and O–H groups in total. The molecule has 1 atom stereocenters. The van der Waals surface area contributed by atoms with Gasteiger partial charge in [-0.2, -0.15) is 0 Å². The van der Waals surface area contributed by atoms with E-state index in [0.29, 0.717) is 0 Å². The molecule has 5 nitrogen and oxygen atoms in total. The maximum absolute atomic E-state index is 11.7. The fraction of sp³-hybridized carbons (Fsp3) is 0.462. The SMILES string of the molecule is COC(OC)C(C)NC(=O)Nc1cccc(C)c1. The number of urea groups is 1. The van der Waals surface area contributed by atoms with Gasteiger partial charge in [0.2, 0.25) is 0 Å². The Labute approximate surface area is 107 Å². The number of benzene rings is 1. The Morgan fingerprint density at radius 3 is 2.50 bits per heavy atom. The van der Waals surface area contributed by atoms with Gasteiger partial charge in [0.1, 0.15) is 0 Å². The molecule has 0 radical (unpaired) electrons. The fourth-order valence-electron chi connectivity index (χ4n) is 1.67. The van der Waals surface area contributed by atoms with Crippen LogP contribution in [0.3, 0.4) is 0 Å². The molecule has 1 rings (SSSR count). The summed E-state index contributed by atoms with van der Waals surface area (Å²) >= 11 is 0. The Morgan fingerprint density at radius 1 is 1.28 bits per heavy atom. The molecule has 0 spiro atoms. The predicted molar refractivity (Wildman–Crippen MR) is 70.6 cm³/mol. The highest BCUT2D eigenvalue weighted by Gasteiger charge is 2.17. The summed E-state index contributed by atoms with van der Waals surface area (Å²) in [5.74, 6) is 0. The van der Waals surface area contributed by atoms with Crippen molar-refractivity contribution in [3.8, 4) is 0 Å². The van der Waals surface area contributed by atoms with Crippen molar-refractivity contribution in [2.24, 2.45) is 0 Å². The van der Waals surface area contributed by atoms with Crippen LogP contribution in [0.4, 0.5) is 10.5 Å². The molecule has 0 heterocycles. The van der Waals surface area contributed by atoms with Crippen LogP contribution in [0.25, 0.3) is 0 Å². The van der Waals surface area contributed by atoms with Gasteiger partial charge in [-0.05, 0) is 31.5 Å². The molecule has 0 aliphatic rings. The summed E-state index contributed by atoms with van der Waals surface area (Å²) in [6.07, 6.45) is -0.465. The molecule has 0 saturated heterocycles. The highest BCUT2D eigenvalue weighted by atomic mass is 16.7. The first-order valence-corrected chi connectivity index (χ1v) is 5.76. The van der Waals surface area contributed by atoms with Gasteiger partial charge < -0.3 is 20.1 Å². The van der Waals surface area contributed by atoms with Crippen LogP contribution in [0.15, 0.2) is 24.3 Å². The number of hydrogen-bond donors (Lipinski definition) is 2. The van der Waals surface area contributed by atoms with Crippen LogP contribution in [-0.2, 0) is 9.47 Å². The predicted octanol–water partition coefficient (Wildman–Crippen LogP) is 2.12. The smallest absolute Gasteiger partial charge is 0.319 e. The lowest BCUT2D eigenvalue weighted by molar-refractivity contribution is -0.117. The molecule has 18 heavy (non-hydrogen) atoms. The number of carbonyl (C=O) groups excluding carboxylic acids is 1. The summed E-state index contributed by atoms with van der Waals surface area (Å²) in [4.78, 5) is 11.7. The summed E-state index contributed by atoms with van der Waals surface area (Å²) in [7, 11) is 3.07. The summed E-state index contributed by atoms with van der Waals surface area (Å²) in [5.41, 5.74) is 1.85. The van der Waals surface area contributed by atoms with Crippen LogP contribution < -0.4 is 10.6 Å². The van der Waals surface area contributed by atoms with E-state index in [1.165, 1.54) is 14.2 Å². The fourth-order valence-corrected chi connectivity index (χ4v) is 1.67. The van der Waals surface area contributed by atoms with Gasteiger partial charge in [0.05, 0.1) is 6.04 Å². The number of aryl methyl sites for hydroxylation is 1. The van der Waals surface area contributed by atoms with Gasteiger partial charge in [0.25, 0.3) is 0 Å². The van der Waals surface area contributed by atoms with Crippen molar-refractivity contribution in [1.29, 1.82) is 0 Å². The van der Waals surface area contributed by atoms with Crippen molar-refractivity contribution in [3.63, 3.8) is 0 Å². The third-order valence-electron chi connectivity index (χ3n) is 2.51. The first kappa shape index (κ1) is 14.5. The number of carbonyl (C=O) groups is 1. The second-order valence-electron chi connectivity index (χ2n) is 4.10. The van der Waals surface area contributed by atoms with Gasteiger partial charge >= 0.3 is 6.03 Å². The number of hydrogen-bond acceptors (Lipinski definition) is 3. The number of anilines is 1. The summed E-state index contributed by atoms with van der Waals surface area (Å²) in [6.45, 7) is 3.78. The Morgan fingerprint density at radius 2 is 1.94 bits per heavy atom. The van der Waals surface area contributed by atoms with E-state index < -0.39 is 6.29 Å². The summed E-state index contributed by atoms with van der Waals surface area (Å²) in [6, 6.07) is 7.06. The van der Waals surface area contributed by atoms with Crippen molar-refractivity contribution in [3.05, 3.63) is 29.8 Å². The van der Waals surface area contributed by atoms with Gasteiger partial charge in [-0.15, -0.1) is 0 Å². The van der Waals surface area contributed by atoms with Crippen LogP contribution in [-0.4, -0.2) is 32.6 Å². The van der Waals surface area contributed by atoms with Gasteiger partial charge in [-0.1, -0.05) is 12.1 Å².